The summed E-state index contributed by atoms with van der Waals surface area (Å²) in [4.78, 5) is 22.4. The molecule has 0 aliphatic heterocycles. The molecule has 2 aliphatic carbocycles. The third-order valence-corrected chi connectivity index (χ3v) is 5.44. The second-order valence-electron chi connectivity index (χ2n) is 5.90. The first-order chi connectivity index (χ1) is 10.1. The van der Waals surface area contributed by atoms with Crippen molar-refractivity contribution >= 4 is 28.5 Å². The number of thiophene rings is 1. The van der Waals surface area contributed by atoms with E-state index in [2.05, 4.69) is 12.2 Å². The van der Waals surface area contributed by atoms with Gasteiger partial charge in [-0.15, -0.1) is 11.3 Å². The molecule has 1 amide bonds. The van der Waals surface area contributed by atoms with Crippen molar-refractivity contribution in [2.45, 2.75) is 51.4 Å². The molecule has 21 heavy (non-hydrogen) atoms. The average molecular weight is 308 g/mol. The maximum atomic E-state index is 11.4. The van der Waals surface area contributed by atoms with Gasteiger partial charge in [-0.2, -0.15) is 0 Å². The Morgan fingerprint density at radius 2 is 2.14 bits per heavy atom. The van der Waals surface area contributed by atoms with Gasteiger partial charge in [0.25, 0.3) is 5.91 Å². The molecular formula is C16H24N2O2S. The fraction of sp³-hybridized carbons (Fsp3) is 0.625. The van der Waals surface area contributed by atoms with E-state index >= 15 is 0 Å². The molecule has 0 spiro atoms. The zero-order chi connectivity index (χ0) is 15.4. The van der Waals surface area contributed by atoms with Crippen LogP contribution in [0.25, 0.3) is 0 Å². The van der Waals surface area contributed by atoms with E-state index in [0.29, 0.717) is 5.92 Å². The van der Waals surface area contributed by atoms with E-state index in [0.717, 1.165) is 42.0 Å². The molecule has 1 unspecified atom stereocenters. The van der Waals surface area contributed by atoms with Gasteiger partial charge in [0.1, 0.15) is 11.3 Å². The van der Waals surface area contributed by atoms with Crippen LogP contribution in [0, 0.1) is 5.92 Å². The number of hydrogen-bond donors (Lipinski definition) is 2. The normalized spacial score (nSPS) is 20.0. The lowest BCUT2D eigenvalue weighted by Gasteiger charge is -2.19. The summed E-state index contributed by atoms with van der Waals surface area (Å²) < 4.78 is 0. The summed E-state index contributed by atoms with van der Waals surface area (Å²) in [6.07, 6.45) is 7.87. The van der Waals surface area contributed by atoms with Crippen LogP contribution in [0.2, 0.25) is 0 Å². The Labute approximate surface area is 130 Å². The molecule has 3 rings (SSSR count). The Morgan fingerprint density at radius 3 is 2.62 bits per heavy atom. The number of aryl methyl sites for hydroxylation is 1. The molecule has 1 atom stereocenters. The van der Waals surface area contributed by atoms with Crippen LogP contribution >= 0.6 is 11.3 Å². The Kier molecular flexibility index (Phi) is 5.39. The average Bonchev–Trinajstić information content (AvgIpc) is 3.17. The van der Waals surface area contributed by atoms with Crippen LogP contribution in [0.3, 0.4) is 0 Å². The molecule has 0 saturated heterocycles. The van der Waals surface area contributed by atoms with E-state index in [1.165, 1.54) is 29.7 Å². The van der Waals surface area contributed by atoms with Gasteiger partial charge < -0.3 is 15.8 Å². The van der Waals surface area contributed by atoms with Crippen LogP contribution in [-0.4, -0.2) is 19.2 Å². The zero-order valence-electron chi connectivity index (χ0n) is 12.8. The molecule has 1 heterocycles. The molecule has 3 N–H and O–H groups in total. The molecule has 1 saturated carbocycles. The molecule has 5 heteroatoms. The highest BCUT2D eigenvalue weighted by molar-refractivity contribution is 7.16. The minimum Gasteiger partial charge on any atom is -0.379 e. The molecule has 2 aliphatic rings. The van der Waals surface area contributed by atoms with Crippen molar-refractivity contribution < 1.29 is 9.59 Å². The number of carbonyl (C=O) groups is 2. The predicted molar refractivity (Wildman–Crippen MR) is 87.1 cm³/mol. The lowest BCUT2D eigenvalue weighted by atomic mass is 9.86. The number of aldehydes is 1. The number of nitrogens with two attached hydrogens (primary N) is 1. The van der Waals surface area contributed by atoms with Crippen molar-refractivity contribution in [2.75, 3.05) is 12.4 Å². The predicted octanol–water partition coefficient (Wildman–Crippen LogP) is 3.31. The highest BCUT2D eigenvalue weighted by atomic mass is 32.1. The number of nitrogens with one attached hydrogen (secondary N) is 1. The van der Waals surface area contributed by atoms with Gasteiger partial charge in [0, 0.05) is 18.3 Å². The molecule has 116 valence electrons. The van der Waals surface area contributed by atoms with Crippen LogP contribution in [-0.2, 0) is 11.2 Å². The van der Waals surface area contributed by atoms with Crippen LogP contribution < -0.4 is 11.1 Å². The van der Waals surface area contributed by atoms with Crippen molar-refractivity contribution in [3.05, 3.63) is 16.0 Å². The Balaban J connectivity index is 0.000000225. The fourth-order valence-electron chi connectivity index (χ4n) is 2.82. The van der Waals surface area contributed by atoms with Gasteiger partial charge in [-0.25, -0.2) is 0 Å². The number of hydrogen-bond acceptors (Lipinski definition) is 4. The summed E-state index contributed by atoms with van der Waals surface area (Å²) in [6, 6.07) is 0. The van der Waals surface area contributed by atoms with Crippen molar-refractivity contribution in [1.29, 1.82) is 0 Å². The monoisotopic (exact) mass is 308 g/mol. The minimum atomic E-state index is -0.300. The number of anilines is 1. The molecule has 0 bridgehead atoms. The number of rotatable bonds is 4. The third-order valence-electron chi connectivity index (χ3n) is 4.16. The third kappa shape index (κ3) is 3.84. The summed E-state index contributed by atoms with van der Waals surface area (Å²) in [7, 11) is 1.84. The number of primary amides is 1. The lowest BCUT2D eigenvalue weighted by molar-refractivity contribution is -0.108. The van der Waals surface area contributed by atoms with Gasteiger partial charge in [0.05, 0.1) is 5.56 Å². The Bertz CT molecular complexity index is 521. The van der Waals surface area contributed by atoms with Crippen LogP contribution in [0.5, 0.6) is 0 Å². The maximum absolute atomic E-state index is 11.4. The highest BCUT2D eigenvalue weighted by Crippen LogP contribution is 2.42. The van der Waals surface area contributed by atoms with E-state index in [1.807, 2.05) is 7.05 Å². The Hall–Kier alpha value is -1.36. The van der Waals surface area contributed by atoms with Gasteiger partial charge in [-0.1, -0.05) is 6.92 Å². The second-order valence-corrected chi connectivity index (χ2v) is 7.00. The minimum absolute atomic E-state index is 0.300. The number of amides is 1. The van der Waals surface area contributed by atoms with Crippen molar-refractivity contribution in [3.63, 3.8) is 0 Å². The van der Waals surface area contributed by atoms with Crippen molar-refractivity contribution in [2.24, 2.45) is 11.7 Å². The zero-order valence-corrected chi connectivity index (χ0v) is 13.6. The first-order valence-corrected chi connectivity index (χ1v) is 8.46. The van der Waals surface area contributed by atoms with Gasteiger partial charge in [0.2, 0.25) is 0 Å². The standard InChI is InChI=1S/C11H16N2OS.C5H8O/c1-6-4-3-5-7-8(6)9(10(12)14)11(13-2)15-7;6-4-3-5-1-2-5/h6,13H,3-5H2,1-2H3,(H2,12,14);4-5H,1-3H2. The molecule has 0 radical (unpaired) electrons. The molecular weight excluding hydrogens is 284 g/mol. The molecule has 0 aromatic carbocycles. The number of fused-ring (bicyclic) bond motifs is 1. The molecule has 1 aromatic rings. The molecule has 4 nitrogen and oxygen atoms in total. The molecule has 1 aromatic heterocycles. The van der Waals surface area contributed by atoms with E-state index in [9.17, 15) is 9.59 Å². The summed E-state index contributed by atoms with van der Waals surface area (Å²) in [6.45, 7) is 2.18. The fourth-order valence-corrected chi connectivity index (χ4v) is 4.14. The quantitative estimate of drug-likeness (QED) is 0.838. The topological polar surface area (TPSA) is 72.2 Å². The summed E-state index contributed by atoms with van der Waals surface area (Å²) >= 11 is 1.68. The number of carbonyl (C=O) groups excluding carboxylic acids is 2. The first-order valence-electron chi connectivity index (χ1n) is 7.65. The Morgan fingerprint density at radius 1 is 1.43 bits per heavy atom. The van der Waals surface area contributed by atoms with Gasteiger partial charge in [-0.3, -0.25) is 4.79 Å². The molecule has 1 fully saturated rings. The summed E-state index contributed by atoms with van der Waals surface area (Å²) in [5.41, 5.74) is 7.37. The highest BCUT2D eigenvalue weighted by Gasteiger charge is 2.27. The van der Waals surface area contributed by atoms with Crippen LogP contribution in [0.4, 0.5) is 5.00 Å². The summed E-state index contributed by atoms with van der Waals surface area (Å²) in [5.74, 6) is 0.947. The van der Waals surface area contributed by atoms with Crippen LogP contribution in [0.15, 0.2) is 0 Å². The van der Waals surface area contributed by atoms with E-state index in [-0.39, 0.29) is 5.91 Å². The van der Waals surface area contributed by atoms with Crippen molar-refractivity contribution in [1.82, 2.24) is 0 Å². The van der Waals surface area contributed by atoms with Crippen molar-refractivity contribution in [3.8, 4) is 0 Å². The first kappa shape index (κ1) is 16.0. The smallest absolute Gasteiger partial charge is 0.251 e. The van der Waals surface area contributed by atoms with Gasteiger partial charge in [-0.05, 0) is 49.5 Å². The SMILES string of the molecule is CNc1sc2c(c1C(N)=O)C(C)CCC2.O=CCC1CC1. The maximum Gasteiger partial charge on any atom is 0.251 e. The lowest BCUT2D eigenvalue weighted by Crippen LogP contribution is -2.16. The largest absolute Gasteiger partial charge is 0.379 e. The van der Waals surface area contributed by atoms with E-state index < -0.39 is 0 Å². The second kappa shape index (κ2) is 7.07. The van der Waals surface area contributed by atoms with Crippen LogP contribution in [0.1, 0.15) is 65.7 Å². The summed E-state index contributed by atoms with van der Waals surface area (Å²) in [5, 5.41) is 4.00. The van der Waals surface area contributed by atoms with Gasteiger partial charge in [0.15, 0.2) is 0 Å². The van der Waals surface area contributed by atoms with Gasteiger partial charge >= 0.3 is 0 Å². The van der Waals surface area contributed by atoms with E-state index in [1.54, 1.807) is 11.3 Å². The van der Waals surface area contributed by atoms with E-state index in [4.69, 9.17) is 5.73 Å².